The van der Waals surface area contributed by atoms with E-state index in [-0.39, 0.29) is 23.2 Å². The number of nitrogens with zero attached hydrogens (tertiary/aromatic N) is 2. The normalized spacial score (nSPS) is 10.2. The zero-order chi connectivity index (χ0) is 13.7. The Balaban J connectivity index is 1.84. The molecule has 0 radical (unpaired) electrons. The highest BCUT2D eigenvalue weighted by Gasteiger charge is 2.06. The first kappa shape index (κ1) is 12.9. The van der Waals surface area contributed by atoms with Crippen LogP contribution in [0.2, 0.25) is 0 Å². The number of amides is 1. The highest BCUT2D eigenvalue weighted by atomic mass is 19.1. The van der Waals surface area contributed by atoms with Gasteiger partial charge in [-0.15, -0.1) is 10.2 Å². The van der Waals surface area contributed by atoms with E-state index in [0.29, 0.717) is 13.0 Å². The molecule has 5 nitrogen and oxygen atoms in total. The first-order valence-electron chi connectivity index (χ1n) is 5.77. The minimum Gasteiger partial charge on any atom is -0.382 e. The van der Waals surface area contributed by atoms with Gasteiger partial charge in [0.05, 0.1) is 0 Å². The predicted octanol–water partition coefficient (Wildman–Crippen LogP) is 1.17. The molecule has 0 saturated carbocycles. The summed E-state index contributed by atoms with van der Waals surface area (Å²) in [5.41, 5.74) is 6.54. The number of benzene rings is 1. The van der Waals surface area contributed by atoms with Gasteiger partial charge >= 0.3 is 0 Å². The van der Waals surface area contributed by atoms with Crippen LogP contribution in [0.1, 0.15) is 16.1 Å². The van der Waals surface area contributed by atoms with E-state index >= 15 is 0 Å². The second-order valence-electron chi connectivity index (χ2n) is 3.98. The van der Waals surface area contributed by atoms with Crippen molar-refractivity contribution in [2.75, 3.05) is 12.3 Å². The van der Waals surface area contributed by atoms with E-state index < -0.39 is 0 Å². The minimum atomic E-state index is -0.311. The molecule has 6 heteroatoms. The number of rotatable bonds is 4. The van der Waals surface area contributed by atoms with Crippen molar-refractivity contribution in [3.05, 3.63) is 53.5 Å². The molecule has 3 N–H and O–H groups in total. The standard InChI is InChI=1S/C13H13FN4O/c14-10-3-1-9(2-4-10)7-8-16-13(19)11-5-6-12(15)18-17-11/h1-6H,7-8H2,(H2,15,18)(H,16,19). The monoisotopic (exact) mass is 260 g/mol. The molecule has 0 aliphatic carbocycles. The molecule has 1 aromatic heterocycles. The van der Waals surface area contributed by atoms with Crippen molar-refractivity contribution in [2.45, 2.75) is 6.42 Å². The van der Waals surface area contributed by atoms with Crippen LogP contribution >= 0.6 is 0 Å². The number of hydrogen-bond acceptors (Lipinski definition) is 4. The van der Waals surface area contributed by atoms with Crippen molar-refractivity contribution >= 4 is 11.7 Å². The summed E-state index contributed by atoms with van der Waals surface area (Å²) < 4.78 is 12.7. The topological polar surface area (TPSA) is 80.9 Å². The van der Waals surface area contributed by atoms with Crippen LogP contribution in [0.25, 0.3) is 0 Å². The van der Waals surface area contributed by atoms with Gasteiger partial charge in [0.25, 0.3) is 5.91 Å². The van der Waals surface area contributed by atoms with Crippen molar-refractivity contribution in [3.8, 4) is 0 Å². The first-order valence-corrected chi connectivity index (χ1v) is 5.77. The quantitative estimate of drug-likeness (QED) is 0.864. The van der Waals surface area contributed by atoms with E-state index in [0.717, 1.165) is 5.56 Å². The van der Waals surface area contributed by atoms with Gasteiger partial charge in [-0.2, -0.15) is 0 Å². The Morgan fingerprint density at radius 3 is 2.53 bits per heavy atom. The fourth-order valence-electron chi connectivity index (χ4n) is 1.53. The number of nitrogens with one attached hydrogen (secondary N) is 1. The third-order valence-corrected chi connectivity index (χ3v) is 2.53. The van der Waals surface area contributed by atoms with Crippen molar-refractivity contribution in [3.63, 3.8) is 0 Å². The Morgan fingerprint density at radius 2 is 1.89 bits per heavy atom. The van der Waals surface area contributed by atoms with Crippen molar-refractivity contribution in [2.24, 2.45) is 0 Å². The molecule has 0 saturated heterocycles. The number of carbonyl (C=O) groups is 1. The predicted molar refractivity (Wildman–Crippen MR) is 68.9 cm³/mol. The number of nitrogens with two attached hydrogens (primary N) is 1. The lowest BCUT2D eigenvalue weighted by molar-refractivity contribution is 0.0948. The molecule has 1 aromatic carbocycles. The third kappa shape index (κ3) is 3.74. The Labute approximate surface area is 109 Å². The lowest BCUT2D eigenvalue weighted by Crippen LogP contribution is -2.26. The maximum atomic E-state index is 12.7. The highest BCUT2D eigenvalue weighted by molar-refractivity contribution is 5.92. The van der Waals surface area contributed by atoms with E-state index in [1.54, 1.807) is 12.1 Å². The van der Waals surface area contributed by atoms with E-state index in [1.807, 2.05) is 0 Å². The zero-order valence-corrected chi connectivity index (χ0v) is 10.1. The van der Waals surface area contributed by atoms with Gasteiger partial charge in [0.1, 0.15) is 11.6 Å². The molecule has 2 rings (SSSR count). The largest absolute Gasteiger partial charge is 0.382 e. The molecule has 0 bridgehead atoms. The third-order valence-electron chi connectivity index (χ3n) is 2.53. The molecule has 1 amide bonds. The van der Waals surface area contributed by atoms with E-state index in [9.17, 15) is 9.18 Å². The van der Waals surface area contributed by atoms with Crippen molar-refractivity contribution in [1.29, 1.82) is 0 Å². The molecule has 0 atom stereocenters. The van der Waals surface area contributed by atoms with Crippen LogP contribution in [-0.4, -0.2) is 22.6 Å². The van der Waals surface area contributed by atoms with E-state index in [1.165, 1.54) is 24.3 Å². The van der Waals surface area contributed by atoms with Crippen LogP contribution in [-0.2, 0) is 6.42 Å². The fraction of sp³-hybridized carbons (Fsp3) is 0.154. The summed E-state index contributed by atoms with van der Waals surface area (Å²) in [6, 6.07) is 9.18. The number of hydrogen-bond donors (Lipinski definition) is 2. The van der Waals surface area contributed by atoms with Crippen LogP contribution < -0.4 is 11.1 Å². The molecule has 19 heavy (non-hydrogen) atoms. The average molecular weight is 260 g/mol. The lowest BCUT2D eigenvalue weighted by Gasteiger charge is -2.04. The summed E-state index contributed by atoms with van der Waals surface area (Å²) in [5, 5.41) is 9.99. The Bertz CT molecular complexity index is 554. The Morgan fingerprint density at radius 1 is 1.16 bits per heavy atom. The highest BCUT2D eigenvalue weighted by Crippen LogP contribution is 2.03. The fourth-order valence-corrected chi connectivity index (χ4v) is 1.53. The van der Waals surface area contributed by atoms with Crippen molar-refractivity contribution < 1.29 is 9.18 Å². The van der Waals surface area contributed by atoms with Crippen LogP contribution in [0.5, 0.6) is 0 Å². The maximum absolute atomic E-state index is 12.7. The molecule has 98 valence electrons. The van der Waals surface area contributed by atoms with E-state index in [4.69, 9.17) is 5.73 Å². The Hall–Kier alpha value is -2.50. The van der Waals surface area contributed by atoms with Crippen LogP contribution in [0.3, 0.4) is 0 Å². The molecular weight excluding hydrogens is 247 g/mol. The average Bonchev–Trinajstić information content (AvgIpc) is 2.41. The van der Waals surface area contributed by atoms with Gasteiger partial charge in [0.15, 0.2) is 5.69 Å². The number of halogens is 1. The molecular formula is C13H13FN4O. The summed E-state index contributed by atoms with van der Waals surface area (Å²) in [7, 11) is 0. The van der Waals surface area contributed by atoms with Crippen LogP contribution in [0.15, 0.2) is 36.4 Å². The smallest absolute Gasteiger partial charge is 0.271 e. The second-order valence-corrected chi connectivity index (χ2v) is 3.98. The van der Waals surface area contributed by atoms with Gasteiger partial charge in [-0.1, -0.05) is 12.1 Å². The lowest BCUT2D eigenvalue weighted by atomic mass is 10.1. The van der Waals surface area contributed by atoms with Crippen LogP contribution in [0, 0.1) is 5.82 Å². The van der Waals surface area contributed by atoms with Crippen molar-refractivity contribution in [1.82, 2.24) is 15.5 Å². The molecule has 0 spiro atoms. The number of anilines is 1. The maximum Gasteiger partial charge on any atom is 0.271 e. The number of nitrogen functional groups attached to an aromatic ring is 1. The minimum absolute atomic E-state index is 0.216. The summed E-state index contributed by atoms with van der Waals surface area (Å²) in [4.78, 5) is 11.7. The summed E-state index contributed by atoms with van der Waals surface area (Å²) >= 11 is 0. The second kappa shape index (κ2) is 5.90. The van der Waals surface area contributed by atoms with Gasteiger partial charge in [-0.25, -0.2) is 4.39 Å². The summed E-state index contributed by atoms with van der Waals surface area (Å²) in [5.74, 6) is -0.317. The van der Waals surface area contributed by atoms with Gasteiger partial charge in [-0.3, -0.25) is 4.79 Å². The summed E-state index contributed by atoms with van der Waals surface area (Å²) in [6.07, 6.45) is 0.619. The molecule has 0 unspecified atom stereocenters. The number of aromatic nitrogens is 2. The zero-order valence-electron chi connectivity index (χ0n) is 10.1. The summed E-state index contributed by atoms with van der Waals surface area (Å²) in [6.45, 7) is 0.441. The SMILES string of the molecule is Nc1ccc(C(=O)NCCc2ccc(F)cc2)nn1. The Kier molecular flexibility index (Phi) is 4.02. The molecule has 0 fully saturated rings. The van der Waals surface area contributed by atoms with Gasteiger partial charge in [0.2, 0.25) is 0 Å². The molecule has 1 heterocycles. The molecule has 0 aliphatic heterocycles. The van der Waals surface area contributed by atoms with E-state index in [2.05, 4.69) is 15.5 Å². The van der Waals surface area contributed by atoms with Gasteiger partial charge in [0, 0.05) is 6.54 Å². The van der Waals surface area contributed by atoms with Gasteiger partial charge < -0.3 is 11.1 Å². The first-order chi connectivity index (χ1) is 9.15. The molecule has 0 aliphatic rings. The van der Waals surface area contributed by atoms with Gasteiger partial charge in [-0.05, 0) is 36.2 Å². The number of carbonyl (C=O) groups excluding carboxylic acids is 1. The van der Waals surface area contributed by atoms with Crippen LogP contribution in [0.4, 0.5) is 10.2 Å². The molecule has 2 aromatic rings.